The molecule has 0 atom stereocenters. The molecule has 14 heavy (non-hydrogen) atoms. The fourth-order valence-corrected chi connectivity index (χ4v) is 1.11. The molecule has 0 aromatic rings. The van der Waals surface area contributed by atoms with Gasteiger partial charge in [-0.05, 0) is 0 Å². The van der Waals surface area contributed by atoms with Crippen molar-refractivity contribution >= 4 is 23.6 Å². The molecule has 0 bridgehead atoms. The number of carbonyl (C=O) groups excluding carboxylic acids is 1. The summed E-state index contributed by atoms with van der Waals surface area (Å²) in [5, 5.41) is 8.20. The predicted molar refractivity (Wildman–Crippen MR) is 53.9 cm³/mol. The highest BCUT2D eigenvalue weighted by Crippen LogP contribution is 2.22. The van der Waals surface area contributed by atoms with Gasteiger partial charge in [-0.2, -0.15) is 0 Å². The largest absolute Gasteiger partial charge is 0.479 e. The lowest BCUT2D eigenvalue weighted by Gasteiger charge is -2.16. The van der Waals surface area contributed by atoms with Gasteiger partial charge in [0.15, 0.2) is 6.61 Å². The number of amides is 1. The molecule has 0 unspecified atom stereocenters. The zero-order chi connectivity index (χ0) is 11.2. The Morgan fingerprint density at radius 1 is 1.43 bits per heavy atom. The molecule has 0 fully saturated rings. The third-order valence-electron chi connectivity index (χ3n) is 1.02. The van der Waals surface area contributed by atoms with Gasteiger partial charge in [-0.1, -0.05) is 20.8 Å². The summed E-state index contributed by atoms with van der Waals surface area (Å²) in [5.74, 6) is -1.19. The topological polar surface area (TPSA) is 75.6 Å². The van der Waals surface area contributed by atoms with E-state index in [9.17, 15) is 9.59 Å². The van der Waals surface area contributed by atoms with Crippen LogP contribution in [0.1, 0.15) is 20.8 Å². The van der Waals surface area contributed by atoms with E-state index in [1.54, 1.807) is 0 Å². The number of rotatable bonds is 5. The fraction of sp³-hybridized carbons (Fsp3) is 0.750. The smallest absolute Gasteiger partial charge is 0.332 e. The minimum atomic E-state index is -1.12. The Kier molecular flexibility index (Phi) is 5.56. The van der Waals surface area contributed by atoms with Crippen molar-refractivity contribution in [3.63, 3.8) is 0 Å². The second kappa shape index (κ2) is 5.87. The van der Waals surface area contributed by atoms with Gasteiger partial charge in [0.2, 0.25) is 0 Å². The highest BCUT2D eigenvalue weighted by atomic mass is 32.2. The highest BCUT2D eigenvalue weighted by Gasteiger charge is 2.13. The van der Waals surface area contributed by atoms with Crippen LogP contribution >= 0.6 is 11.8 Å². The highest BCUT2D eigenvalue weighted by molar-refractivity contribution is 8.01. The number of carboxylic acids is 1. The lowest BCUT2D eigenvalue weighted by Crippen LogP contribution is -2.29. The molecule has 0 heterocycles. The van der Waals surface area contributed by atoms with E-state index in [-0.39, 0.29) is 16.4 Å². The van der Waals surface area contributed by atoms with E-state index in [0.29, 0.717) is 0 Å². The van der Waals surface area contributed by atoms with E-state index in [1.807, 2.05) is 26.3 Å². The van der Waals surface area contributed by atoms with Crippen molar-refractivity contribution in [2.45, 2.75) is 25.5 Å². The molecule has 0 saturated carbocycles. The molecule has 0 saturated heterocycles. The standard InChI is InChI=1S/C8H15NO4S/c1-8(2,3)14-5-6(10)9-13-4-7(11)12/h4-5H2,1-3H3,(H,9,10)(H,11,12). The Balaban J connectivity index is 3.52. The van der Waals surface area contributed by atoms with E-state index in [1.165, 1.54) is 11.8 Å². The number of hydroxylamine groups is 1. The maximum absolute atomic E-state index is 11.0. The maximum atomic E-state index is 11.0. The van der Waals surface area contributed by atoms with Crippen LogP contribution in [0.2, 0.25) is 0 Å². The molecule has 0 aromatic carbocycles. The molecule has 0 aromatic heterocycles. The van der Waals surface area contributed by atoms with Crippen LogP contribution in [0.15, 0.2) is 0 Å². The zero-order valence-electron chi connectivity index (χ0n) is 8.49. The normalized spacial score (nSPS) is 11.1. The molecule has 0 aliphatic rings. The summed E-state index contributed by atoms with van der Waals surface area (Å²) in [7, 11) is 0. The molecule has 5 nitrogen and oxygen atoms in total. The van der Waals surface area contributed by atoms with Crippen molar-refractivity contribution in [3.8, 4) is 0 Å². The van der Waals surface area contributed by atoms with Crippen molar-refractivity contribution in [1.82, 2.24) is 5.48 Å². The maximum Gasteiger partial charge on any atom is 0.332 e. The molecule has 82 valence electrons. The Bertz CT molecular complexity index is 212. The lowest BCUT2D eigenvalue weighted by molar-refractivity contribution is -0.148. The van der Waals surface area contributed by atoms with Crippen molar-refractivity contribution in [2.24, 2.45) is 0 Å². The summed E-state index contributed by atoms with van der Waals surface area (Å²) in [4.78, 5) is 25.4. The first kappa shape index (κ1) is 13.2. The second-order valence-electron chi connectivity index (χ2n) is 3.61. The van der Waals surface area contributed by atoms with Gasteiger partial charge in [-0.3, -0.25) is 9.63 Å². The van der Waals surface area contributed by atoms with Crippen LogP contribution in [-0.2, 0) is 14.4 Å². The first-order chi connectivity index (χ1) is 6.31. The van der Waals surface area contributed by atoms with Gasteiger partial charge in [0, 0.05) is 4.75 Å². The van der Waals surface area contributed by atoms with Gasteiger partial charge in [0.25, 0.3) is 5.91 Å². The predicted octanol–water partition coefficient (Wildman–Crippen LogP) is 0.650. The van der Waals surface area contributed by atoms with Crippen molar-refractivity contribution in [2.75, 3.05) is 12.4 Å². The van der Waals surface area contributed by atoms with E-state index >= 15 is 0 Å². The van der Waals surface area contributed by atoms with E-state index in [2.05, 4.69) is 4.84 Å². The third kappa shape index (κ3) is 9.34. The third-order valence-corrected chi connectivity index (χ3v) is 2.29. The van der Waals surface area contributed by atoms with Crippen LogP contribution in [0.5, 0.6) is 0 Å². The molecule has 0 aliphatic heterocycles. The lowest BCUT2D eigenvalue weighted by atomic mass is 10.3. The van der Waals surface area contributed by atoms with Crippen LogP contribution in [0.25, 0.3) is 0 Å². The fourth-order valence-electron chi connectivity index (χ4n) is 0.490. The monoisotopic (exact) mass is 221 g/mol. The van der Waals surface area contributed by atoms with Gasteiger partial charge < -0.3 is 5.11 Å². The summed E-state index contributed by atoms with van der Waals surface area (Å²) in [6.45, 7) is 5.45. The summed E-state index contributed by atoms with van der Waals surface area (Å²) < 4.78 is 0.00411. The molecular formula is C8H15NO4S. The quantitative estimate of drug-likeness (QED) is 0.667. The average Bonchev–Trinajstić information content (AvgIpc) is 1.99. The number of hydrogen-bond donors (Lipinski definition) is 2. The summed E-state index contributed by atoms with van der Waals surface area (Å²) in [5.41, 5.74) is 2.05. The van der Waals surface area contributed by atoms with Crippen LogP contribution < -0.4 is 5.48 Å². The van der Waals surface area contributed by atoms with E-state index in [0.717, 1.165) is 0 Å². The molecule has 1 amide bonds. The Hall–Kier alpha value is -0.750. The Labute approximate surface area is 87.2 Å². The Morgan fingerprint density at radius 3 is 2.43 bits per heavy atom. The molecular weight excluding hydrogens is 206 g/mol. The SMILES string of the molecule is CC(C)(C)SCC(=O)NOCC(=O)O. The van der Waals surface area contributed by atoms with Crippen LogP contribution in [-0.4, -0.2) is 34.1 Å². The molecule has 6 heteroatoms. The number of nitrogens with one attached hydrogen (secondary N) is 1. The number of carboxylic acid groups (broad SMARTS) is 1. The number of hydrogen-bond acceptors (Lipinski definition) is 4. The van der Waals surface area contributed by atoms with Crippen LogP contribution in [0.4, 0.5) is 0 Å². The second-order valence-corrected chi connectivity index (χ2v) is 5.41. The average molecular weight is 221 g/mol. The number of aliphatic carboxylic acids is 1. The first-order valence-electron chi connectivity index (χ1n) is 4.07. The zero-order valence-corrected chi connectivity index (χ0v) is 9.31. The molecule has 2 N–H and O–H groups in total. The van der Waals surface area contributed by atoms with Crippen molar-refractivity contribution in [1.29, 1.82) is 0 Å². The van der Waals surface area contributed by atoms with Crippen molar-refractivity contribution in [3.05, 3.63) is 0 Å². The van der Waals surface area contributed by atoms with Gasteiger partial charge in [0.05, 0.1) is 5.75 Å². The first-order valence-corrected chi connectivity index (χ1v) is 5.06. The minimum absolute atomic E-state index is 0.00411. The number of carbonyl (C=O) groups is 2. The van der Waals surface area contributed by atoms with E-state index in [4.69, 9.17) is 5.11 Å². The molecule has 0 aliphatic carbocycles. The summed E-state index contributed by atoms with van der Waals surface area (Å²) >= 11 is 1.46. The molecule has 0 rings (SSSR count). The van der Waals surface area contributed by atoms with Crippen molar-refractivity contribution < 1.29 is 19.5 Å². The van der Waals surface area contributed by atoms with Gasteiger partial charge in [-0.15, -0.1) is 11.8 Å². The summed E-state index contributed by atoms with van der Waals surface area (Å²) in [6.07, 6.45) is 0. The minimum Gasteiger partial charge on any atom is -0.479 e. The summed E-state index contributed by atoms with van der Waals surface area (Å²) in [6, 6.07) is 0. The molecule has 0 spiro atoms. The van der Waals surface area contributed by atoms with Crippen LogP contribution in [0, 0.1) is 0 Å². The van der Waals surface area contributed by atoms with Crippen LogP contribution in [0.3, 0.4) is 0 Å². The molecule has 0 radical (unpaired) electrons. The van der Waals surface area contributed by atoms with Gasteiger partial charge >= 0.3 is 5.97 Å². The van der Waals surface area contributed by atoms with Gasteiger partial charge in [-0.25, -0.2) is 10.3 Å². The Morgan fingerprint density at radius 2 is 2.00 bits per heavy atom. The van der Waals surface area contributed by atoms with Gasteiger partial charge in [0.1, 0.15) is 0 Å². The number of thioether (sulfide) groups is 1. The van der Waals surface area contributed by atoms with E-state index < -0.39 is 12.6 Å².